The van der Waals surface area contributed by atoms with Crippen LogP contribution in [0.3, 0.4) is 0 Å². The number of carbonyl (C=O) groups excluding carboxylic acids is 3. The van der Waals surface area contributed by atoms with Crippen LogP contribution < -0.4 is 38.9 Å². The standard InChI is InChI=1S/C24H45N9O5/c25-10-4-1-7-18(31-21(34)17(28)13-16-14-29-15-30-16)22(35)32-19(8-2-5-11-26)23(36)33-20(24(37)38)9-3-6-12-27/h14-15,17-20H,1-13,25-28H2,(H,29,30)(H,31,34)(H,32,35)(H,33,36)(H,37,38). The van der Waals surface area contributed by atoms with Gasteiger partial charge in [-0.3, -0.25) is 14.4 Å². The Labute approximate surface area is 223 Å². The molecule has 13 N–H and O–H groups in total. The summed E-state index contributed by atoms with van der Waals surface area (Å²) in [5.74, 6) is -2.87. The molecule has 216 valence electrons. The monoisotopic (exact) mass is 539 g/mol. The van der Waals surface area contributed by atoms with Gasteiger partial charge in [-0.2, -0.15) is 0 Å². The third-order valence-corrected chi connectivity index (χ3v) is 6.05. The van der Waals surface area contributed by atoms with E-state index in [1.165, 1.54) is 6.33 Å². The molecule has 0 saturated carbocycles. The molecule has 1 aromatic heterocycles. The first kappa shape index (κ1) is 33.0. The van der Waals surface area contributed by atoms with Crippen molar-refractivity contribution >= 4 is 23.7 Å². The number of H-pyrrole nitrogens is 1. The van der Waals surface area contributed by atoms with Crippen LogP contribution in [0, 0.1) is 0 Å². The van der Waals surface area contributed by atoms with Gasteiger partial charge in [0, 0.05) is 18.3 Å². The Morgan fingerprint density at radius 3 is 1.63 bits per heavy atom. The molecule has 0 bridgehead atoms. The molecular formula is C24H45N9O5. The molecule has 4 unspecified atom stereocenters. The van der Waals surface area contributed by atoms with Gasteiger partial charge in [-0.05, 0) is 77.4 Å². The highest BCUT2D eigenvalue weighted by atomic mass is 16.4. The van der Waals surface area contributed by atoms with Gasteiger partial charge in [0.05, 0.1) is 12.4 Å². The smallest absolute Gasteiger partial charge is 0.326 e. The molecule has 0 radical (unpaired) electrons. The zero-order valence-corrected chi connectivity index (χ0v) is 22.0. The number of nitrogens with one attached hydrogen (secondary N) is 4. The van der Waals surface area contributed by atoms with Crippen molar-refractivity contribution in [3.05, 3.63) is 18.2 Å². The van der Waals surface area contributed by atoms with Gasteiger partial charge in [0.15, 0.2) is 0 Å². The summed E-state index contributed by atoms with van der Waals surface area (Å²) in [4.78, 5) is 57.5. The fraction of sp³-hybridized carbons (Fsp3) is 0.708. The van der Waals surface area contributed by atoms with Gasteiger partial charge in [-0.15, -0.1) is 0 Å². The molecule has 0 aliphatic carbocycles. The number of aromatic amines is 1. The molecule has 0 aliphatic heterocycles. The van der Waals surface area contributed by atoms with Crippen molar-refractivity contribution in [2.24, 2.45) is 22.9 Å². The molecule has 38 heavy (non-hydrogen) atoms. The van der Waals surface area contributed by atoms with Crippen molar-refractivity contribution in [3.8, 4) is 0 Å². The van der Waals surface area contributed by atoms with Crippen LogP contribution in [0.25, 0.3) is 0 Å². The second kappa shape index (κ2) is 19.1. The number of rotatable bonds is 21. The van der Waals surface area contributed by atoms with Crippen molar-refractivity contribution in [1.29, 1.82) is 0 Å². The Morgan fingerprint density at radius 2 is 1.21 bits per heavy atom. The number of imidazole rings is 1. The topological polar surface area (TPSA) is 257 Å². The second-order valence-electron chi connectivity index (χ2n) is 9.26. The zero-order chi connectivity index (χ0) is 28.3. The number of nitrogens with two attached hydrogens (primary N) is 4. The molecule has 1 heterocycles. The summed E-state index contributed by atoms with van der Waals surface area (Å²) in [5, 5.41) is 17.4. The number of aromatic nitrogens is 2. The van der Waals surface area contributed by atoms with Crippen LogP contribution in [0.15, 0.2) is 12.5 Å². The average molecular weight is 540 g/mol. The third-order valence-electron chi connectivity index (χ3n) is 6.05. The Hall–Kier alpha value is -3.07. The number of carboxylic acids is 1. The summed E-state index contributed by atoms with van der Waals surface area (Å²) in [6.07, 6.45) is 7.54. The number of aliphatic carboxylic acids is 1. The molecule has 0 saturated heterocycles. The van der Waals surface area contributed by atoms with E-state index in [2.05, 4.69) is 25.9 Å². The Balaban J connectivity index is 2.93. The maximum Gasteiger partial charge on any atom is 0.326 e. The average Bonchev–Trinajstić information content (AvgIpc) is 3.39. The molecule has 3 amide bonds. The predicted molar refractivity (Wildman–Crippen MR) is 142 cm³/mol. The zero-order valence-electron chi connectivity index (χ0n) is 22.0. The van der Waals surface area contributed by atoms with E-state index >= 15 is 0 Å². The van der Waals surface area contributed by atoms with Crippen LogP contribution in [-0.4, -0.2) is 82.6 Å². The highest BCUT2D eigenvalue weighted by molar-refractivity contribution is 5.94. The number of amides is 3. The van der Waals surface area contributed by atoms with Crippen molar-refractivity contribution in [3.63, 3.8) is 0 Å². The molecule has 1 aromatic rings. The van der Waals surface area contributed by atoms with Crippen molar-refractivity contribution < 1.29 is 24.3 Å². The van der Waals surface area contributed by atoms with E-state index in [9.17, 15) is 24.3 Å². The lowest BCUT2D eigenvalue weighted by Crippen LogP contribution is -2.57. The highest BCUT2D eigenvalue weighted by Crippen LogP contribution is 2.08. The van der Waals surface area contributed by atoms with E-state index in [0.29, 0.717) is 70.3 Å². The van der Waals surface area contributed by atoms with Gasteiger partial charge >= 0.3 is 5.97 Å². The molecule has 14 nitrogen and oxygen atoms in total. The largest absolute Gasteiger partial charge is 0.480 e. The van der Waals surface area contributed by atoms with Crippen LogP contribution in [0.1, 0.15) is 63.5 Å². The SMILES string of the molecule is NCCCCC(NC(=O)C(CCCCN)NC(=O)C(CCCCN)NC(=O)C(N)Cc1cnc[nH]1)C(=O)O. The summed E-state index contributed by atoms with van der Waals surface area (Å²) < 4.78 is 0. The maximum absolute atomic E-state index is 13.2. The number of nitrogens with zero attached hydrogens (tertiary/aromatic N) is 1. The summed E-state index contributed by atoms with van der Waals surface area (Å²) in [6.45, 7) is 1.25. The molecule has 4 atom stereocenters. The first-order chi connectivity index (χ1) is 18.2. The Morgan fingerprint density at radius 1 is 0.763 bits per heavy atom. The van der Waals surface area contributed by atoms with E-state index < -0.39 is 47.9 Å². The van der Waals surface area contributed by atoms with Crippen LogP contribution in [0.5, 0.6) is 0 Å². The van der Waals surface area contributed by atoms with E-state index in [4.69, 9.17) is 22.9 Å². The van der Waals surface area contributed by atoms with E-state index in [1.54, 1.807) is 6.20 Å². The summed E-state index contributed by atoms with van der Waals surface area (Å²) in [7, 11) is 0. The van der Waals surface area contributed by atoms with Crippen LogP contribution in [-0.2, 0) is 25.6 Å². The van der Waals surface area contributed by atoms with Crippen LogP contribution in [0.2, 0.25) is 0 Å². The number of hydrogen-bond acceptors (Lipinski definition) is 9. The first-order valence-electron chi connectivity index (χ1n) is 13.2. The molecule has 0 fully saturated rings. The first-order valence-corrected chi connectivity index (χ1v) is 13.2. The molecule has 1 rings (SSSR count). The second-order valence-corrected chi connectivity index (χ2v) is 9.26. The summed E-state index contributed by atoms with van der Waals surface area (Å²) in [5.41, 5.74) is 23.3. The minimum atomic E-state index is -1.17. The van der Waals surface area contributed by atoms with Crippen molar-refractivity contribution in [2.45, 2.75) is 88.4 Å². The number of unbranched alkanes of at least 4 members (excludes halogenated alkanes) is 3. The number of carbonyl (C=O) groups is 4. The minimum absolute atomic E-state index is 0.202. The molecule has 14 heteroatoms. The number of carboxylic acid groups (broad SMARTS) is 1. The summed E-state index contributed by atoms with van der Waals surface area (Å²) >= 11 is 0. The quantitative estimate of drug-likeness (QED) is 0.0792. The predicted octanol–water partition coefficient (Wildman–Crippen LogP) is -1.79. The lowest BCUT2D eigenvalue weighted by molar-refractivity contribution is -0.142. The van der Waals surface area contributed by atoms with Crippen LogP contribution in [0.4, 0.5) is 0 Å². The lowest BCUT2D eigenvalue weighted by atomic mass is 10.0. The molecule has 0 aliphatic rings. The van der Waals surface area contributed by atoms with Gasteiger partial charge in [-0.25, -0.2) is 9.78 Å². The summed E-state index contributed by atoms with van der Waals surface area (Å²) in [6, 6.07) is -3.98. The highest BCUT2D eigenvalue weighted by Gasteiger charge is 2.30. The molecular weight excluding hydrogens is 494 g/mol. The van der Waals surface area contributed by atoms with Crippen molar-refractivity contribution in [2.75, 3.05) is 19.6 Å². The normalized spacial score (nSPS) is 14.2. The van der Waals surface area contributed by atoms with E-state index in [0.717, 1.165) is 0 Å². The fourth-order valence-electron chi connectivity index (χ4n) is 3.82. The lowest BCUT2D eigenvalue weighted by Gasteiger charge is -2.25. The van der Waals surface area contributed by atoms with Gasteiger partial charge in [0.2, 0.25) is 17.7 Å². The minimum Gasteiger partial charge on any atom is -0.480 e. The van der Waals surface area contributed by atoms with Gasteiger partial charge in [0.25, 0.3) is 0 Å². The third kappa shape index (κ3) is 12.9. The number of hydrogen-bond donors (Lipinski definition) is 9. The van der Waals surface area contributed by atoms with E-state index in [1.807, 2.05) is 0 Å². The van der Waals surface area contributed by atoms with E-state index in [-0.39, 0.29) is 19.3 Å². The molecule has 0 spiro atoms. The van der Waals surface area contributed by atoms with Gasteiger partial charge in [0.1, 0.15) is 18.1 Å². The maximum atomic E-state index is 13.2. The van der Waals surface area contributed by atoms with Crippen LogP contribution >= 0.6 is 0 Å². The fourth-order valence-corrected chi connectivity index (χ4v) is 3.82. The van der Waals surface area contributed by atoms with Gasteiger partial charge in [-0.1, -0.05) is 0 Å². The Bertz CT molecular complexity index is 837. The van der Waals surface area contributed by atoms with Crippen molar-refractivity contribution in [1.82, 2.24) is 25.9 Å². The van der Waals surface area contributed by atoms with Gasteiger partial charge < -0.3 is 49.0 Å². The Kier molecular flexibility index (Phi) is 16.5. The molecule has 0 aromatic carbocycles.